The zero-order valence-electron chi connectivity index (χ0n) is 10.7. The Kier molecular flexibility index (Phi) is 4.13. The summed E-state index contributed by atoms with van der Waals surface area (Å²) < 4.78 is 38.7. The van der Waals surface area contributed by atoms with E-state index in [0.717, 1.165) is 18.9 Å². The van der Waals surface area contributed by atoms with Gasteiger partial charge in [-0.3, -0.25) is 4.79 Å². The molecule has 1 aromatic rings. The van der Waals surface area contributed by atoms with E-state index in [0.29, 0.717) is 0 Å². The first kappa shape index (κ1) is 15.0. The van der Waals surface area contributed by atoms with Crippen molar-refractivity contribution in [1.82, 2.24) is 5.32 Å². The zero-order valence-corrected chi connectivity index (χ0v) is 11.5. The van der Waals surface area contributed by atoms with E-state index in [9.17, 15) is 18.0 Å². The van der Waals surface area contributed by atoms with E-state index in [2.05, 4.69) is 10.6 Å². The molecule has 0 spiro atoms. The van der Waals surface area contributed by atoms with Crippen LogP contribution in [0.1, 0.15) is 25.3 Å². The van der Waals surface area contributed by atoms with Crippen LogP contribution in [0.4, 0.5) is 18.9 Å². The van der Waals surface area contributed by atoms with Crippen LogP contribution in [0.2, 0.25) is 5.02 Å². The Morgan fingerprint density at radius 2 is 2.05 bits per heavy atom. The minimum Gasteiger partial charge on any atom is -0.372 e. The molecule has 20 heavy (non-hydrogen) atoms. The highest BCUT2D eigenvalue weighted by Crippen LogP contribution is 2.38. The summed E-state index contributed by atoms with van der Waals surface area (Å²) in [7, 11) is 0. The Bertz CT molecular complexity index is 515. The first-order valence-electron chi connectivity index (χ1n) is 6.21. The van der Waals surface area contributed by atoms with Gasteiger partial charge in [0.05, 0.1) is 16.3 Å². The second-order valence-corrected chi connectivity index (χ2v) is 5.22. The Balaban J connectivity index is 2.17. The van der Waals surface area contributed by atoms with Gasteiger partial charge in [0.1, 0.15) is 6.04 Å². The number of amides is 1. The van der Waals surface area contributed by atoms with Crippen LogP contribution >= 0.6 is 11.6 Å². The van der Waals surface area contributed by atoms with Crippen LogP contribution < -0.4 is 10.6 Å². The third kappa shape index (κ3) is 3.56. The molecule has 110 valence electrons. The van der Waals surface area contributed by atoms with E-state index < -0.39 is 17.8 Å². The normalized spacial score (nSPS) is 16.6. The fourth-order valence-electron chi connectivity index (χ4n) is 1.74. The Morgan fingerprint density at radius 3 is 2.60 bits per heavy atom. The maximum atomic E-state index is 12.9. The van der Waals surface area contributed by atoms with E-state index in [1.54, 1.807) is 0 Å². The molecule has 0 aromatic heterocycles. The fourth-order valence-corrected chi connectivity index (χ4v) is 1.97. The van der Waals surface area contributed by atoms with Crippen molar-refractivity contribution < 1.29 is 18.0 Å². The Morgan fingerprint density at radius 1 is 1.40 bits per heavy atom. The van der Waals surface area contributed by atoms with Crippen LogP contribution in [0, 0.1) is 0 Å². The molecule has 1 atom stereocenters. The molecule has 1 unspecified atom stereocenters. The molecule has 7 heteroatoms. The third-order valence-corrected chi connectivity index (χ3v) is 3.31. The summed E-state index contributed by atoms with van der Waals surface area (Å²) >= 11 is 5.81. The van der Waals surface area contributed by atoms with Crippen LogP contribution in [0.15, 0.2) is 18.2 Å². The van der Waals surface area contributed by atoms with Crippen molar-refractivity contribution >= 4 is 23.2 Å². The van der Waals surface area contributed by atoms with Gasteiger partial charge in [-0.15, -0.1) is 0 Å². The Labute approximate surface area is 119 Å². The number of para-hydroxylation sites is 1. The summed E-state index contributed by atoms with van der Waals surface area (Å²) in [4.78, 5) is 11.8. The molecular formula is C13H14ClF3N2O. The molecule has 3 nitrogen and oxygen atoms in total. The van der Waals surface area contributed by atoms with E-state index in [4.69, 9.17) is 11.6 Å². The number of nitrogens with one attached hydrogen (secondary N) is 2. The molecule has 0 bridgehead atoms. The van der Waals surface area contributed by atoms with Crippen molar-refractivity contribution in [1.29, 1.82) is 0 Å². The first-order valence-corrected chi connectivity index (χ1v) is 6.59. The lowest BCUT2D eigenvalue weighted by Gasteiger charge is -2.20. The Hall–Kier alpha value is -1.43. The first-order chi connectivity index (χ1) is 9.29. The van der Waals surface area contributed by atoms with Gasteiger partial charge in [0.25, 0.3) is 0 Å². The summed E-state index contributed by atoms with van der Waals surface area (Å²) in [6.07, 6.45) is -2.70. The van der Waals surface area contributed by atoms with Crippen LogP contribution in [0.25, 0.3) is 0 Å². The lowest BCUT2D eigenvalue weighted by atomic mass is 10.1. The lowest BCUT2D eigenvalue weighted by molar-refractivity contribution is -0.137. The van der Waals surface area contributed by atoms with Crippen molar-refractivity contribution in [2.45, 2.75) is 38.0 Å². The van der Waals surface area contributed by atoms with Crippen LogP contribution in [0.5, 0.6) is 0 Å². The summed E-state index contributed by atoms with van der Waals surface area (Å²) in [5.74, 6) is -0.333. The quantitative estimate of drug-likeness (QED) is 0.894. The standard InChI is InChI=1S/C13H14ClF3N2O/c1-7(12(20)19-8-5-6-8)18-11-9(13(15,16)17)3-2-4-10(11)14/h2-4,7-8,18H,5-6H2,1H3,(H,19,20). The molecule has 0 heterocycles. The highest BCUT2D eigenvalue weighted by atomic mass is 35.5. The van der Waals surface area contributed by atoms with Gasteiger partial charge < -0.3 is 10.6 Å². The highest BCUT2D eigenvalue weighted by molar-refractivity contribution is 6.33. The van der Waals surface area contributed by atoms with Crippen LogP contribution in [-0.4, -0.2) is 18.0 Å². The number of hydrogen-bond acceptors (Lipinski definition) is 2. The largest absolute Gasteiger partial charge is 0.418 e. The molecule has 1 fully saturated rings. The summed E-state index contributed by atoms with van der Waals surface area (Å²) in [5.41, 5.74) is -1.14. The van der Waals surface area contributed by atoms with Gasteiger partial charge in [-0.25, -0.2) is 0 Å². The summed E-state index contributed by atoms with van der Waals surface area (Å²) in [6, 6.07) is 2.87. The van der Waals surface area contributed by atoms with Gasteiger partial charge in [0, 0.05) is 6.04 Å². The number of benzene rings is 1. The molecule has 1 amide bonds. The number of anilines is 1. The van der Waals surface area contributed by atoms with Gasteiger partial charge in [0.15, 0.2) is 0 Å². The highest BCUT2D eigenvalue weighted by Gasteiger charge is 2.35. The lowest BCUT2D eigenvalue weighted by Crippen LogP contribution is -2.39. The van der Waals surface area contributed by atoms with Gasteiger partial charge in [-0.05, 0) is 31.9 Å². The molecule has 1 aliphatic carbocycles. The molecule has 1 aromatic carbocycles. The predicted molar refractivity (Wildman–Crippen MR) is 70.7 cm³/mol. The second-order valence-electron chi connectivity index (χ2n) is 4.81. The molecule has 0 aliphatic heterocycles. The van der Waals surface area contributed by atoms with Crippen LogP contribution in [-0.2, 0) is 11.0 Å². The molecule has 0 radical (unpaired) electrons. The number of carbonyl (C=O) groups excluding carboxylic acids is 1. The van der Waals surface area contributed by atoms with Crippen molar-refractivity contribution in [3.8, 4) is 0 Å². The molecule has 0 saturated heterocycles. The number of halogens is 4. The van der Waals surface area contributed by atoms with Crippen molar-refractivity contribution in [3.63, 3.8) is 0 Å². The SMILES string of the molecule is CC(Nc1c(Cl)cccc1C(F)(F)F)C(=O)NC1CC1. The average Bonchev–Trinajstić information content (AvgIpc) is 3.14. The van der Waals surface area contributed by atoms with Gasteiger partial charge in [-0.2, -0.15) is 13.2 Å². The monoisotopic (exact) mass is 306 g/mol. The predicted octanol–water partition coefficient (Wildman–Crippen LogP) is 3.44. The average molecular weight is 307 g/mol. The second kappa shape index (κ2) is 5.52. The van der Waals surface area contributed by atoms with Gasteiger partial charge in [0.2, 0.25) is 5.91 Å². The third-order valence-electron chi connectivity index (χ3n) is 3.00. The number of rotatable bonds is 4. The van der Waals surface area contributed by atoms with E-state index >= 15 is 0 Å². The minimum atomic E-state index is -4.53. The molecule has 2 rings (SSSR count). The summed E-state index contributed by atoms with van der Waals surface area (Å²) in [6.45, 7) is 1.50. The molecular weight excluding hydrogens is 293 g/mol. The molecule has 1 aliphatic rings. The van der Waals surface area contributed by atoms with E-state index in [1.165, 1.54) is 19.1 Å². The minimum absolute atomic E-state index is 0.0640. The number of hydrogen-bond donors (Lipinski definition) is 2. The molecule has 1 saturated carbocycles. The fraction of sp³-hybridized carbons (Fsp3) is 0.462. The summed E-state index contributed by atoms with van der Waals surface area (Å²) in [5, 5.41) is 5.22. The molecule has 2 N–H and O–H groups in total. The maximum absolute atomic E-state index is 12.9. The zero-order chi connectivity index (χ0) is 14.9. The maximum Gasteiger partial charge on any atom is 0.418 e. The van der Waals surface area contributed by atoms with Crippen LogP contribution in [0.3, 0.4) is 0 Å². The van der Waals surface area contributed by atoms with Gasteiger partial charge >= 0.3 is 6.18 Å². The van der Waals surface area contributed by atoms with E-state index in [-0.39, 0.29) is 22.7 Å². The number of alkyl halides is 3. The number of carbonyl (C=O) groups is 1. The topological polar surface area (TPSA) is 41.1 Å². The van der Waals surface area contributed by atoms with E-state index in [1.807, 2.05) is 0 Å². The van der Waals surface area contributed by atoms with Crippen molar-refractivity contribution in [2.75, 3.05) is 5.32 Å². The van der Waals surface area contributed by atoms with Crippen molar-refractivity contribution in [3.05, 3.63) is 28.8 Å². The van der Waals surface area contributed by atoms with Gasteiger partial charge in [-0.1, -0.05) is 17.7 Å². The smallest absolute Gasteiger partial charge is 0.372 e. The van der Waals surface area contributed by atoms with Crippen molar-refractivity contribution in [2.24, 2.45) is 0 Å².